The van der Waals surface area contributed by atoms with Crippen molar-refractivity contribution in [1.82, 2.24) is 35.4 Å². The number of unbranched alkanes of at least 4 members (excludes halogenated alkanes) is 1. The SMILES string of the molecule is CCCCn1nnnc1C(c1ccnc2ccccc12)N1CCC2(CC1)C(=O)NCN2c1ccccc1. The monoisotopic (exact) mass is 496 g/mol. The number of benzene rings is 2. The van der Waals surface area contributed by atoms with Crippen molar-refractivity contribution in [2.24, 2.45) is 0 Å². The number of carbonyl (C=O) groups is 1. The fourth-order valence-electron chi connectivity index (χ4n) is 5.91. The van der Waals surface area contributed by atoms with Gasteiger partial charge in [-0.3, -0.25) is 14.7 Å². The number of likely N-dealkylation sites (tertiary alicyclic amines) is 1. The number of tetrazole rings is 1. The van der Waals surface area contributed by atoms with E-state index in [1.54, 1.807) is 0 Å². The first-order valence-electron chi connectivity index (χ1n) is 13.2. The van der Waals surface area contributed by atoms with Gasteiger partial charge in [0.15, 0.2) is 5.82 Å². The van der Waals surface area contributed by atoms with Crippen molar-refractivity contribution in [1.29, 1.82) is 0 Å². The maximum atomic E-state index is 13.2. The molecule has 1 unspecified atom stereocenters. The molecule has 9 nitrogen and oxygen atoms in total. The number of piperidine rings is 1. The van der Waals surface area contributed by atoms with Gasteiger partial charge in [0.05, 0.1) is 18.2 Å². The van der Waals surface area contributed by atoms with E-state index in [0.29, 0.717) is 6.67 Å². The molecule has 2 aliphatic rings. The van der Waals surface area contributed by atoms with Crippen LogP contribution in [-0.4, -0.2) is 61.3 Å². The summed E-state index contributed by atoms with van der Waals surface area (Å²) in [5, 5.41) is 17.2. The van der Waals surface area contributed by atoms with Crippen molar-refractivity contribution in [2.75, 3.05) is 24.7 Å². The number of rotatable bonds is 7. The number of pyridine rings is 1. The van der Waals surface area contributed by atoms with Gasteiger partial charge in [0.25, 0.3) is 0 Å². The number of anilines is 1. The lowest BCUT2D eigenvalue weighted by molar-refractivity contribution is -0.125. The van der Waals surface area contributed by atoms with E-state index in [-0.39, 0.29) is 11.9 Å². The number of hydrogen-bond acceptors (Lipinski definition) is 7. The molecule has 4 heterocycles. The van der Waals surface area contributed by atoms with Crippen LogP contribution in [0.3, 0.4) is 0 Å². The number of nitrogens with one attached hydrogen (secondary N) is 1. The Hall–Kier alpha value is -3.85. The minimum Gasteiger partial charge on any atom is -0.339 e. The smallest absolute Gasteiger partial charge is 0.247 e. The van der Waals surface area contributed by atoms with Crippen LogP contribution in [-0.2, 0) is 11.3 Å². The molecule has 2 aliphatic heterocycles. The highest BCUT2D eigenvalue weighted by Crippen LogP contribution is 2.40. The summed E-state index contributed by atoms with van der Waals surface area (Å²) in [5.41, 5.74) is 2.63. The minimum absolute atomic E-state index is 0.120. The number of hydrogen-bond donors (Lipinski definition) is 1. The molecule has 0 radical (unpaired) electrons. The van der Waals surface area contributed by atoms with Gasteiger partial charge in [-0.2, -0.15) is 0 Å². The van der Waals surface area contributed by atoms with Crippen molar-refractivity contribution >= 4 is 22.5 Å². The number of aromatic nitrogens is 5. The number of fused-ring (bicyclic) bond motifs is 1. The third-order valence-electron chi connectivity index (χ3n) is 7.90. The molecule has 37 heavy (non-hydrogen) atoms. The van der Waals surface area contributed by atoms with Crippen LogP contribution < -0.4 is 10.2 Å². The Morgan fingerprint density at radius 2 is 1.81 bits per heavy atom. The fraction of sp³-hybridized carbons (Fsp3) is 0.393. The van der Waals surface area contributed by atoms with Crippen LogP contribution in [0.4, 0.5) is 5.69 Å². The molecule has 4 aromatic rings. The van der Waals surface area contributed by atoms with E-state index < -0.39 is 5.54 Å². The van der Waals surface area contributed by atoms with Gasteiger partial charge >= 0.3 is 0 Å². The Balaban J connectivity index is 1.37. The van der Waals surface area contributed by atoms with Gasteiger partial charge in [-0.25, -0.2) is 4.68 Å². The van der Waals surface area contributed by atoms with E-state index in [2.05, 4.69) is 72.9 Å². The predicted molar refractivity (Wildman–Crippen MR) is 142 cm³/mol. The zero-order chi connectivity index (χ0) is 25.2. The van der Waals surface area contributed by atoms with E-state index in [0.717, 1.165) is 73.3 Å². The second kappa shape index (κ2) is 9.89. The van der Waals surface area contributed by atoms with Gasteiger partial charge in [0.2, 0.25) is 5.91 Å². The molecule has 1 N–H and O–H groups in total. The Morgan fingerprint density at radius 3 is 2.62 bits per heavy atom. The summed E-state index contributed by atoms with van der Waals surface area (Å²) >= 11 is 0. The second-order valence-electron chi connectivity index (χ2n) is 9.93. The van der Waals surface area contributed by atoms with Gasteiger partial charge < -0.3 is 10.2 Å². The molecular weight excluding hydrogens is 464 g/mol. The number of para-hydroxylation sites is 2. The first-order valence-corrected chi connectivity index (χ1v) is 13.2. The molecule has 2 saturated heterocycles. The molecule has 9 heteroatoms. The fourth-order valence-corrected chi connectivity index (χ4v) is 5.91. The molecule has 0 saturated carbocycles. The van der Waals surface area contributed by atoms with Gasteiger partial charge in [-0.1, -0.05) is 49.7 Å². The maximum Gasteiger partial charge on any atom is 0.247 e. The molecule has 1 atom stereocenters. The average molecular weight is 497 g/mol. The quantitative estimate of drug-likeness (QED) is 0.418. The van der Waals surface area contributed by atoms with Crippen molar-refractivity contribution in [2.45, 2.75) is 50.7 Å². The summed E-state index contributed by atoms with van der Waals surface area (Å²) in [6, 6.07) is 20.4. The van der Waals surface area contributed by atoms with Crippen LogP contribution in [0, 0.1) is 0 Å². The van der Waals surface area contributed by atoms with E-state index >= 15 is 0 Å². The van der Waals surface area contributed by atoms with Crippen molar-refractivity contribution in [3.8, 4) is 0 Å². The van der Waals surface area contributed by atoms with E-state index in [9.17, 15) is 4.79 Å². The molecule has 2 aromatic heterocycles. The molecule has 0 bridgehead atoms. The van der Waals surface area contributed by atoms with Gasteiger partial charge in [0.1, 0.15) is 5.54 Å². The predicted octanol–water partition coefficient (Wildman–Crippen LogP) is 3.54. The normalized spacial score (nSPS) is 18.4. The highest BCUT2D eigenvalue weighted by molar-refractivity contribution is 5.93. The van der Waals surface area contributed by atoms with Gasteiger partial charge in [-0.05, 0) is 59.5 Å². The summed E-state index contributed by atoms with van der Waals surface area (Å²) in [6.45, 7) is 4.99. The standard InChI is InChI=1S/C28H32N8O/c1-2-3-17-36-26(31-32-33-36)25(23-13-16-29-24-12-8-7-11-22(23)24)34-18-14-28(15-19-34)27(37)30-20-35(28)21-9-5-4-6-10-21/h4-13,16,25H,2-3,14-15,17-20H2,1H3,(H,30,37). The first-order chi connectivity index (χ1) is 18.2. The Morgan fingerprint density at radius 1 is 1.03 bits per heavy atom. The van der Waals surface area contributed by atoms with Crippen LogP contribution >= 0.6 is 0 Å². The molecule has 190 valence electrons. The number of carbonyl (C=O) groups excluding carboxylic acids is 1. The Bertz CT molecular complexity index is 1370. The molecular formula is C28H32N8O. The highest BCUT2D eigenvalue weighted by Gasteiger charge is 2.51. The third kappa shape index (κ3) is 4.13. The van der Waals surface area contributed by atoms with Crippen LogP contribution in [0.25, 0.3) is 10.9 Å². The van der Waals surface area contributed by atoms with E-state index in [4.69, 9.17) is 0 Å². The first kappa shape index (κ1) is 23.5. The number of aryl methyl sites for hydroxylation is 1. The van der Waals surface area contributed by atoms with Gasteiger partial charge in [0, 0.05) is 36.9 Å². The molecule has 6 rings (SSSR count). The molecule has 2 aromatic carbocycles. The summed E-state index contributed by atoms with van der Waals surface area (Å²) in [7, 11) is 0. The van der Waals surface area contributed by atoms with Gasteiger partial charge in [-0.15, -0.1) is 5.10 Å². The third-order valence-corrected chi connectivity index (χ3v) is 7.90. The lowest BCUT2D eigenvalue weighted by atomic mass is 9.84. The van der Waals surface area contributed by atoms with Crippen molar-refractivity contribution < 1.29 is 4.79 Å². The summed E-state index contributed by atoms with van der Waals surface area (Å²) in [6.07, 6.45) is 5.40. The van der Waals surface area contributed by atoms with Crippen molar-refractivity contribution in [3.63, 3.8) is 0 Å². The number of nitrogens with zero attached hydrogens (tertiary/aromatic N) is 7. The maximum absolute atomic E-state index is 13.2. The summed E-state index contributed by atoms with van der Waals surface area (Å²) < 4.78 is 1.95. The average Bonchev–Trinajstić information content (AvgIpc) is 3.53. The zero-order valence-corrected chi connectivity index (χ0v) is 21.1. The zero-order valence-electron chi connectivity index (χ0n) is 21.1. The second-order valence-corrected chi connectivity index (χ2v) is 9.93. The summed E-state index contributed by atoms with van der Waals surface area (Å²) in [5.74, 6) is 0.964. The topological polar surface area (TPSA) is 92.1 Å². The van der Waals surface area contributed by atoms with E-state index in [1.807, 2.05) is 41.2 Å². The van der Waals surface area contributed by atoms with Crippen LogP contribution in [0.5, 0.6) is 0 Å². The highest BCUT2D eigenvalue weighted by atomic mass is 16.2. The lowest BCUT2D eigenvalue weighted by Gasteiger charge is -2.45. The van der Waals surface area contributed by atoms with E-state index in [1.165, 1.54) is 0 Å². The molecule has 0 aliphatic carbocycles. The number of amides is 1. The van der Waals surface area contributed by atoms with Crippen LogP contribution in [0.1, 0.15) is 50.0 Å². The Labute approximate surface area is 216 Å². The lowest BCUT2D eigenvalue weighted by Crippen LogP contribution is -2.57. The van der Waals surface area contributed by atoms with Crippen molar-refractivity contribution in [3.05, 3.63) is 78.2 Å². The molecule has 2 fully saturated rings. The van der Waals surface area contributed by atoms with Crippen LogP contribution in [0.15, 0.2) is 66.9 Å². The molecule has 1 spiro atoms. The summed E-state index contributed by atoms with van der Waals surface area (Å²) in [4.78, 5) is 22.5. The molecule has 1 amide bonds. The minimum atomic E-state index is -0.545. The largest absolute Gasteiger partial charge is 0.339 e. The van der Waals surface area contributed by atoms with Crippen LogP contribution in [0.2, 0.25) is 0 Å². The Kier molecular flexibility index (Phi) is 6.30.